The van der Waals surface area contributed by atoms with Crippen LogP contribution in [0.4, 0.5) is 5.69 Å². The molecule has 7 heteroatoms. The predicted octanol–water partition coefficient (Wildman–Crippen LogP) is 9.48. The highest BCUT2D eigenvalue weighted by Gasteiger charge is 2.24. The number of carboxylic acid groups (broad SMARTS) is 1. The van der Waals surface area contributed by atoms with Crippen LogP contribution < -0.4 is 9.64 Å². The summed E-state index contributed by atoms with van der Waals surface area (Å²) in [5.41, 5.74) is 6.82. The molecular formula is C42H39N3O4. The zero-order valence-electron chi connectivity index (χ0n) is 28.2. The summed E-state index contributed by atoms with van der Waals surface area (Å²) in [6.45, 7) is 10.2. The van der Waals surface area contributed by atoms with Crippen LogP contribution >= 0.6 is 0 Å². The van der Waals surface area contributed by atoms with Gasteiger partial charge in [0.15, 0.2) is 0 Å². The summed E-state index contributed by atoms with van der Waals surface area (Å²) in [6.07, 6.45) is 4.22. The molecular weight excluding hydrogens is 610 g/mol. The summed E-state index contributed by atoms with van der Waals surface area (Å²) in [4.78, 5) is 31.6. The van der Waals surface area contributed by atoms with Gasteiger partial charge in [0, 0.05) is 48.2 Å². The lowest BCUT2D eigenvalue weighted by Crippen LogP contribution is -2.22. The van der Waals surface area contributed by atoms with Crippen molar-refractivity contribution in [2.75, 3.05) is 24.6 Å². The number of benzene rings is 4. The molecule has 0 radical (unpaired) electrons. The van der Waals surface area contributed by atoms with Crippen molar-refractivity contribution in [1.29, 1.82) is 0 Å². The van der Waals surface area contributed by atoms with Crippen LogP contribution in [0.25, 0.3) is 38.3 Å². The van der Waals surface area contributed by atoms with Gasteiger partial charge in [-0.2, -0.15) is 0 Å². The third-order valence-corrected chi connectivity index (χ3v) is 8.86. The molecule has 0 aliphatic heterocycles. The quantitative estimate of drug-likeness (QED) is 0.157. The Morgan fingerprint density at radius 1 is 0.755 bits per heavy atom. The van der Waals surface area contributed by atoms with Crippen molar-refractivity contribution >= 4 is 44.6 Å². The number of carboxylic acids is 1. The fourth-order valence-electron chi connectivity index (χ4n) is 6.34. The SMILES string of the molecule is CCOc1cc(N(CC)CC)ccc1C(=O)c1nc2ccccc2cc1C(=O)O.Cc1c(-c2ccn3ccccc23)ccc2ccccc12. The van der Waals surface area contributed by atoms with Crippen LogP contribution in [-0.2, 0) is 0 Å². The maximum atomic E-state index is 13.3. The first-order valence-electron chi connectivity index (χ1n) is 16.6. The van der Waals surface area contributed by atoms with Crippen LogP contribution in [0.15, 0.2) is 122 Å². The van der Waals surface area contributed by atoms with E-state index >= 15 is 0 Å². The Morgan fingerprint density at radius 2 is 1.49 bits per heavy atom. The van der Waals surface area contributed by atoms with Crippen LogP contribution in [-0.4, -0.2) is 45.9 Å². The summed E-state index contributed by atoms with van der Waals surface area (Å²) >= 11 is 0. The zero-order valence-corrected chi connectivity index (χ0v) is 28.2. The molecule has 0 amide bonds. The summed E-state index contributed by atoms with van der Waals surface area (Å²) in [5.74, 6) is -1.24. The zero-order chi connectivity index (χ0) is 34.5. The van der Waals surface area contributed by atoms with E-state index < -0.39 is 11.8 Å². The predicted molar refractivity (Wildman–Crippen MR) is 198 cm³/mol. The molecule has 0 unspecified atom stereocenters. The van der Waals surface area contributed by atoms with Crippen LogP contribution in [0.1, 0.15) is 52.7 Å². The molecule has 0 aliphatic rings. The van der Waals surface area contributed by atoms with Gasteiger partial charge in [-0.05, 0) is 92.1 Å². The number of rotatable bonds is 9. The monoisotopic (exact) mass is 649 g/mol. The largest absolute Gasteiger partial charge is 0.493 e. The van der Waals surface area contributed by atoms with Crippen molar-refractivity contribution in [3.8, 4) is 16.9 Å². The van der Waals surface area contributed by atoms with E-state index in [0.29, 0.717) is 28.8 Å². The molecule has 49 heavy (non-hydrogen) atoms. The van der Waals surface area contributed by atoms with E-state index in [2.05, 4.69) is 108 Å². The van der Waals surface area contributed by atoms with Gasteiger partial charge in [0.2, 0.25) is 5.78 Å². The molecule has 0 saturated heterocycles. The number of aromatic nitrogens is 2. The van der Waals surface area contributed by atoms with Crippen molar-refractivity contribution in [2.45, 2.75) is 27.7 Å². The minimum absolute atomic E-state index is 0.0901. The molecule has 0 saturated carbocycles. The summed E-state index contributed by atoms with van der Waals surface area (Å²) < 4.78 is 7.90. The molecule has 0 aliphatic carbocycles. The highest BCUT2D eigenvalue weighted by Crippen LogP contribution is 2.33. The number of para-hydroxylation sites is 1. The van der Waals surface area contributed by atoms with Crippen LogP contribution in [0.5, 0.6) is 5.75 Å². The molecule has 1 N–H and O–H groups in total. The maximum absolute atomic E-state index is 13.3. The average molecular weight is 650 g/mol. The van der Waals surface area contributed by atoms with Crippen LogP contribution in [0.2, 0.25) is 0 Å². The Bertz CT molecular complexity index is 2300. The Morgan fingerprint density at radius 3 is 2.24 bits per heavy atom. The van der Waals surface area contributed by atoms with E-state index in [1.165, 1.54) is 39.0 Å². The number of ketones is 1. The highest BCUT2D eigenvalue weighted by molar-refractivity contribution is 6.15. The number of nitrogens with zero attached hydrogens (tertiary/aromatic N) is 3. The number of aromatic carboxylic acids is 1. The number of anilines is 1. The van der Waals surface area contributed by atoms with Gasteiger partial charge in [-0.1, -0.05) is 60.7 Å². The van der Waals surface area contributed by atoms with Gasteiger partial charge < -0.3 is 19.1 Å². The second-order valence-electron chi connectivity index (χ2n) is 11.7. The smallest absolute Gasteiger partial charge is 0.338 e. The second-order valence-corrected chi connectivity index (χ2v) is 11.7. The number of aryl methyl sites for hydroxylation is 1. The Labute approximate surface area is 286 Å². The standard InChI is InChI=1S/C23H24N2O4.C19H15N/c1-4-25(5-2)16-11-12-17(20(14-16)29-6-3)22(26)21-18(23(27)28)13-15-9-7-8-10-19(15)24-21;1-14-16-7-3-2-6-15(16)9-10-17(14)18-11-13-20-12-5-4-8-19(18)20/h7-14H,4-6H2,1-3H3,(H,27,28);2-13H,1H3. The highest BCUT2D eigenvalue weighted by atomic mass is 16.5. The topological polar surface area (TPSA) is 84.1 Å². The first-order chi connectivity index (χ1) is 23.8. The molecule has 4 aromatic carbocycles. The van der Waals surface area contributed by atoms with E-state index in [-0.39, 0.29) is 11.3 Å². The van der Waals surface area contributed by atoms with Gasteiger partial charge in [-0.3, -0.25) is 4.79 Å². The first-order valence-corrected chi connectivity index (χ1v) is 16.6. The molecule has 7 nitrogen and oxygen atoms in total. The van der Waals surface area contributed by atoms with Crippen molar-refractivity contribution in [1.82, 2.24) is 9.38 Å². The van der Waals surface area contributed by atoms with Crippen molar-refractivity contribution in [3.05, 3.63) is 144 Å². The lowest BCUT2D eigenvalue weighted by atomic mass is 9.96. The molecule has 7 aromatic rings. The lowest BCUT2D eigenvalue weighted by molar-refractivity contribution is 0.0692. The lowest BCUT2D eigenvalue weighted by Gasteiger charge is -2.22. The van der Waals surface area contributed by atoms with Crippen molar-refractivity contribution in [2.24, 2.45) is 0 Å². The van der Waals surface area contributed by atoms with E-state index in [9.17, 15) is 14.7 Å². The van der Waals surface area contributed by atoms with E-state index in [1.54, 1.807) is 30.3 Å². The number of hydrogen-bond acceptors (Lipinski definition) is 5. The normalized spacial score (nSPS) is 10.9. The minimum Gasteiger partial charge on any atom is -0.493 e. The van der Waals surface area contributed by atoms with E-state index in [4.69, 9.17) is 4.74 Å². The van der Waals surface area contributed by atoms with Gasteiger partial charge in [0.25, 0.3) is 0 Å². The Balaban J connectivity index is 0.000000181. The van der Waals surface area contributed by atoms with Gasteiger partial charge in [-0.25, -0.2) is 9.78 Å². The van der Waals surface area contributed by atoms with Crippen molar-refractivity contribution < 1.29 is 19.4 Å². The molecule has 0 spiro atoms. The van der Waals surface area contributed by atoms with E-state index in [0.717, 1.165) is 18.8 Å². The molecule has 3 aromatic heterocycles. The maximum Gasteiger partial charge on any atom is 0.338 e. The molecule has 0 atom stereocenters. The van der Waals surface area contributed by atoms with E-state index in [1.807, 2.05) is 19.1 Å². The van der Waals surface area contributed by atoms with Gasteiger partial charge in [0.1, 0.15) is 11.4 Å². The fourth-order valence-corrected chi connectivity index (χ4v) is 6.34. The number of pyridine rings is 2. The number of carbonyl (C=O) groups excluding carboxylic acids is 1. The fraction of sp³-hybridized carbons (Fsp3) is 0.167. The molecule has 7 rings (SSSR count). The van der Waals surface area contributed by atoms with Gasteiger partial charge >= 0.3 is 5.97 Å². The van der Waals surface area contributed by atoms with Crippen molar-refractivity contribution in [3.63, 3.8) is 0 Å². The third kappa shape index (κ3) is 6.61. The number of ether oxygens (including phenoxy) is 1. The summed E-state index contributed by atoms with van der Waals surface area (Å²) in [7, 11) is 0. The second kappa shape index (κ2) is 14.4. The number of hydrogen-bond donors (Lipinski definition) is 1. The molecule has 0 fully saturated rings. The average Bonchev–Trinajstić information content (AvgIpc) is 3.56. The Kier molecular flexibility index (Phi) is 9.72. The minimum atomic E-state index is -1.19. The van der Waals surface area contributed by atoms with Crippen LogP contribution in [0.3, 0.4) is 0 Å². The number of fused-ring (bicyclic) bond motifs is 3. The summed E-state index contributed by atoms with van der Waals surface area (Å²) in [5, 5.41) is 13.0. The first kappa shape index (κ1) is 33.0. The van der Waals surface area contributed by atoms with Gasteiger partial charge in [0.05, 0.1) is 28.8 Å². The molecule has 3 heterocycles. The van der Waals surface area contributed by atoms with Gasteiger partial charge in [-0.15, -0.1) is 0 Å². The molecule has 0 bridgehead atoms. The summed E-state index contributed by atoms with van der Waals surface area (Å²) in [6, 6.07) is 35.5. The number of carbonyl (C=O) groups is 2. The van der Waals surface area contributed by atoms with Crippen LogP contribution in [0, 0.1) is 6.92 Å². The molecule has 246 valence electrons. The Hall–Kier alpha value is -5.95. The third-order valence-electron chi connectivity index (χ3n) is 8.86.